The molecule has 0 spiro atoms. The fraction of sp³-hybridized carbons (Fsp3) is 0.474. The van der Waals surface area contributed by atoms with E-state index >= 15 is 0 Å². The summed E-state index contributed by atoms with van der Waals surface area (Å²) < 4.78 is 5.88. The van der Waals surface area contributed by atoms with E-state index in [1.165, 1.54) is 19.3 Å². The predicted molar refractivity (Wildman–Crippen MR) is 105 cm³/mol. The van der Waals surface area contributed by atoms with Crippen LogP contribution in [0.4, 0.5) is 11.6 Å². The molecule has 0 bridgehead atoms. The largest absolute Gasteiger partial charge is 0.394 e. The number of ether oxygens (including phenoxy) is 1. The Bertz CT molecular complexity index is 717. The quantitative estimate of drug-likeness (QED) is 0.401. The van der Waals surface area contributed by atoms with Gasteiger partial charge in [-0.05, 0) is 32.3 Å². The SMILES string of the molecule is C=CN(c1ncnc(/N=C\N(C)C)c1C/C=C/C(C)=O)[C@H]1CC[C@@H](CO)O1. The minimum atomic E-state index is -0.268. The highest BCUT2D eigenvalue weighted by molar-refractivity contribution is 5.87. The zero-order valence-electron chi connectivity index (χ0n) is 16.1. The van der Waals surface area contributed by atoms with Crippen LogP contribution in [0.15, 0.2) is 36.3 Å². The van der Waals surface area contributed by atoms with Crippen LogP contribution in [-0.2, 0) is 16.0 Å². The first-order valence-electron chi connectivity index (χ1n) is 8.85. The van der Waals surface area contributed by atoms with Crippen LogP contribution in [0.1, 0.15) is 25.3 Å². The molecule has 146 valence electrons. The Morgan fingerprint density at radius 3 is 2.81 bits per heavy atom. The number of nitrogens with zero attached hydrogens (tertiary/aromatic N) is 5. The highest BCUT2D eigenvalue weighted by Crippen LogP contribution is 2.32. The van der Waals surface area contributed by atoms with Gasteiger partial charge in [0.15, 0.2) is 11.6 Å². The molecule has 1 aliphatic heterocycles. The molecule has 1 fully saturated rings. The standard InChI is InChI=1S/C19H27N5O3/c1-5-24(17-10-9-15(11-25)27-17)19-16(8-6-7-14(2)26)18(20-12-21-19)22-13-23(3)4/h5-7,12-13,15,17,25H,1,8-11H2,2-4H3/b7-6+,22-13-/t15-,17+/m0/s1. The van der Waals surface area contributed by atoms with Crippen molar-refractivity contribution in [3.63, 3.8) is 0 Å². The van der Waals surface area contributed by atoms with Gasteiger partial charge in [-0.25, -0.2) is 15.0 Å². The molecule has 2 heterocycles. The summed E-state index contributed by atoms with van der Waals surface area (Å²) in [5.41, 5.74) is 0.768. The number of carbonyl (C=O) groups is 1. The first-order valence-corrected chi connectivity index (χ1v) is 8.85. The van der Waals surface area contributed by atoms with E-state index in [-0.39, 0.29) is 24.7 Å². The topological polar surface area (TPSA) is 91.2 Å². The molecule has 8 heteroatoms. The monoisotopic (exact) mass is 373 g/mol. The van der Waals surface area contributed by atoms with Gasteiger partial charge in [0, 0.05) is 25.9 Å². The van der Waals surface area contributed by atoms with Crippen LogP contribution in [0, 0.1) is 0 Å². The summed E-state index contributed by atoms with van der Waals surface area (Å²) in [6, 6.07) is 0. The third-order valence-electron chi connectivity index (χ3n) is 4.03. The molecule has 1 aromatic rings. The molecular weight excluding hydrogens is 346 g/mol. The molecule has 0 radical (unpaired) electrons. The van der Waals surface area contributed by atoms with Crippen molar-refractivity contribution < 1.29 is 14.6 Å². The van der Waals surface area contributed by atoms with E-state index in [1.807, 2.05) is 23.9 Å². The number of aromatic nitrogens is 2. The molecule has 1 aromatic heterocycles. The molecule has 0 aliphatic carbocycles. The number of carbonyl (C=O) groups excluding carboxylic acids is 1. The van der Waals surface area contributed by atoms with Crippen LogP contribution in [0.25, 0.3) is 0 Å². The second-order valence-electron chi connectivity index (χ2n) is 6.49. The van der Waals surface area contributed by atoms with E-state index in [0.717, 1.165) is 18.4 Å². The zero-order chi connectivity index (χ0) is 19.8. The number of aliphatic hydroxyl groups excluding tert-OH is 1. The molecular formula is C19H27N5O3. The van der Waals surface area contributed by atoms with Gasteiger partial charge in [-0.2, -0.15) is 0 Å². The number of hydrogen-bond acceptors (Lipinski definition) is 7. The predicted octanol–water partition coefficient (Wildman–Crippen LogP) is 1.83. The molecule has 1 aliphatic rings. The minimum Gasteiger partial charge on any atom is -0.394 e. The van der Waals surface area contributed by atoms with Gasteiger partial charge in [-0.3, -0.25) is 4.79 Å². The molecule has 0 aromatic carbocycles. The Morgan fingerprint density at radius 2 is 2.22 bits per heavy atom. The molecule has 27 heavy (non-hydrogen) atoms. The summed E-state index contributed by atoms with van der Waals surface area (Å²) in [4.78, 5) is 28.1. The molecule has 0 saturated carbocycles. The van der Waals surface area contributed by atoms with Gasteiger partial charge in [-0.1, -0.05) is 12.7 Å². The third-order valence-corrected chi connectivity index (χ3v) is 4.03. The molecule has 0 amide bonds. The highest BCUT2D eigenvalue weighted by Gasteiger charge is 2.30. The second kappa shape index (κ2) is 9.94. The van der Waals surface area contributed by atoms with Crippen molar-refractivity contribution in [1.29, 1.82) is 0 Å². The molecule has 2 atom stereocenters. The number of allylic oxidation sites excluding steroid dienone is 2. The summed E-state index contributed by atoms with van der Waals surface area (Å²) in [7, 11) is 3.75. The van der Waals surface area contributed by atoms with Crippen LogP contribution in [-0.4, -0.2) is 65.1 Å². The Labute approximate surface area is 159 Å². The van der Waals surface area contributed by atoms with Crippen molar-refractivity contribution >= 4 is 23.8 Å². The van der Waals surface area contributed by atoms with Crippen LogP contribution >= 0.6 is 0 Å². The summed E-state index contributed by atoms with van der Waals surface area (Å²) in [6.07, 6.45) is 9.56. The maximum atomic E-state index is 11.3. The molecule has 2 rings (SSSR count). The maximum Gasteiger partial charge on any atom is 0.162 e. The Morgan fingerprint density at radius 1 is 1.44 bits per heavy atom. The Balaban J connectivity index is 2.41. The van der Waals surface area contributed by atoms with Gasteiger partial charge in [0.1, 0.15) is 18.4 Å². The number of hydrogen-bond donors (Lipinski definition) is 1. The Kier molecular flexibility index (Phi) is 7.63. The van der Waals surface area contributed by atoms with Crippen molar-refractivity contribution in [3.8, 4) is 0 Å². The van der Waals surface area contributed by atoms with Crippen molar-refractivity contribution in [2.45, 2.75) is 38.5 Å². The van der Waals surface area contributed by atoms with Crippen molar-refractivity contribution in [2.75, 3.05) is 25.6 Å². The first-order chi connectivity index (χ1) is 13.0. The van der Waals surface area contributed by atoms with E-state index < -0.39 is 0 Å². The lowest BCUT2D eigenvalue weighted by atomic mass is 10.1. The number of ketones is 1. The maximum absolute atomic E-state index is 11.3. The van der Waals surface area contributed by atoms with Gasteiger partial charge >= 0.3 is 0 Å². The zero-order valence-corrected chi connectivity index (χ0v) is 16.1. The van der Waals surface area contributed by atoms with Crippen molar-refractivity contribution in [1.82, 2.24) is 14.9 Å². The smallest absolute Gasteiger partial charge is 0.162 e. The van der Waals surface area contributed by atoms with E-state index in [0.29, 0.717) is 18.1 Å². The fourth-order valence-electron chi connectivity index (χ4n) is 2.79. The van der Waals surface area contributed by atoms with Crippen LogP contribution < -0.4 is 4.90 Å². The summed E-state index contributed by atoms with van der Waals surface area (Å²) in [5, 5.41) is 9.34. The van der Waals surface area contributed by atoms with E-state index in [9.17, 15) is 9.90 Å². The average molecular weight is 373 g/mol. The van der Waals surface area contributed by atoms with Crippen molar-refractivity contribution in [2.24, 2.45) is 4.99 Å². The van der Waals surface area contributed by atoms with Crippen LogP contribution in [0.5, 0.6) is 0 Å². The molecule has 0 unspecified atom stereocenters. The van der Waals surface area contributed by atoms with Crippen LogP contribution in [0.3, 0.4) is 0 Å². The summed E-state index contributed by atoms with van der Waals surface area (Å²) >= 11 is 0. The van der Waals surface area contributed by atoms with E-state index in [2.05, 4.69) is 21.5 Å². The lowest BCUT2D eigenvalue weighted by Gasteiger charge is -2.28. The molecule has 1 N–H and O–H groups in total. The lowest BCUT2D eigenvalue weighted by molar-refractivity contribution is -0.112. The number of anilines is 1. The summed E-state index contributed by atoms with van der Waals surface area (Å²) in [5.74, 6) is 1.12. The van der Waals surface area contributed by atoms with Gasteiger partial charge in [0.05, 0.1) is 19.0 Å². The van der Waals surface area contributed by atoms with Gasteiger partial charge < -0.3 is 19.6 Å². The molecule has 1 saturated heterocycles. The lowest BCUT2D eigenvalue weighted by Crippen LogP contribution is -2.32. The van der Waals surface area contributed by atoms with E-state index in [4.69, 9.17) is 4.74 Å². The normalized spacial score (nSPS) is 19.7. The van der Waals surface area contributed by atoms with Gasteiger partial charge in [0.25, 0.3) is 0 Å². The second-order valence-corrected chi connectivity index (χ2v) is 6.49. The van der Waals surface area contributed by atoms with Gasteiger partial charge in [-0.15, -0.1) is 0 Å². The highest BCUT2D eigenvalue weighted by atomic mass is 16.5. The number of aliphatic hydroxyl groups is 1. The van der Waals surface area contributed by atoms with Crippen LogP contribution in [0.2, 0.25) is 0 Å². The number of aliphatic imine (C=N–C) groups is 1. The third kappa shape index (κ3) is 5.70. The minimum absolute atomic E-state index is 0.0160. The number of rotatable bonds is 9. The van der Waals surface area contributed by atoms with Crippen molar-refractivity contribution in [3.05, 3.63) is 36.8 Å². The summed E-state index contributed by atoms with van der Waals surface area (Å²) in [6.45, 7) is 5.38. The molecule has 8 nitrogen and oxygen atoms in total. The average Bonchev–Trinajstić information content (AvgIpc) is 3.10. The fourth-order valence-corrected chi connectivity index (χ4v) is 2.79. The van der Waals surface area contributed by atoms with E-state index in [1.54, 1.807) is 18.6 Å². The Hall–Kier alpha value is -2.58. The first kappa shape index (κ1) is 20.7. The van der Waals surface area contributed by atoms with Gasteiger partial charge in [0.2, 0.25) is 0 Å².